The number of pyridine rings is 1. The molecule has 78 valence electrons. The first-order valence-corrected chi connectivity index (χ1v) is 5.43. The summed E-state index contributed by atoms with van der Waals surface area (Å²) in [5.74, 6) is 0. The molecule has 0 aliphatic rings. The average Bonchev–Trinajstić information content (AvgIpc) is 2.19. The summed E-state index contributed by atoms with van der Waals surface area (Å²) in [5, 5.41) is -4.34. The van der Waals surface area contributed by atoms with E-state index in [0.29, 0.717) is 0 Å². The third-order valence-corrected chi connectivity index (χ3v) is 3.58. The third kappa shape index (κ3) is 1.75. The highest BCUT2D eigenvalue weighted by atomic mass is 32.2. The Bertz CT molecular complexity index is 403. The summed E-state index contributed by atoms with van der Waals surface area (Å²) >= 11 is 0. The van der Waals surface area contributed by atoms with E-state index in [2.05, 4.69) is 4.98 Å². The molecule has 1 aromatic heterocycles. The van der Waals surface area contributed by atoms with Crippen LogP contribution in [0.15, 0.2) is 29.4 Å². The normalized spacial score (nSPS) is 12.8. The van der Waals surface area contributed by atoms with Gasteiger partial charge in [-0.3, -0.25) is 0 Å². The van der Waals surface area contributed by atoms with Gasteiger partial charge in [0.2, 0.25) is 0 Å². The van der Waals surface area contributed by atoms with Crippen LogP contribution in [0, 0.1) is 0 Å². The molecular formula is C8H9F2NO2S. The van der Waals surface area contributed by atoms with Crippen LogP contribution < -0.4 is 0 Å². The molecule has 0 radical (unpaired) electrons. The average molecular weight is 221 g/mol. The van der Waals surface area contributed by atoms with Gasteiger partial charge in [-0.1, -0.05) is 13.0 Å². The maximum atomic E-state index is 13.0. The number of nitrogens with zero attached hydrogens (tertiary/aromatic N) is 1. The fraction of sp³-hybridized carbons (Fsp3) is 0.375. The maximum Gasteiger partial charge on any atom is 0.351 e. The Morgan fingerprint density at radius 3 is 2.50 bits per heavy atom. The van der Waals surface area contributed by atoms with Gasteiger partial charge in [0.15, 0.2) is 5.03 Å². The van der Waals surface area contributed by atoms with E-state index in [4.69, 9.17) is 0 Å². The minimum absolute atomic E-state index is 0.591. The zero-order valence-corrected chi connectivity index (χ0v) is 8.26. The lowest BCUT2D eigenvalue weighted by atomic mass is 10.5. The molecule has 0 bridgehead atoms. The minimum Gasteiger partial charge on any atom is -0.245 e. The van der Waals surface area contributed by atoms with Gasteiger partial charge in [-0.15, -0.1) is 0 Å². The maximum absolute atomic E-state index is 13.0. The molecule has 1 heterocycles. The molecule has 0 aliphatic carbocycles. The van der Waals surface area contributed by atoms with E-state index in [9.17, 15) is 17.2 Å². The SMILES string of the molecule is CCC(F)(F)S(=O)(=O)c1ccccn1. The molecular weight excluding hydrogens is 212 g/mol. The molecule has 0 amide bonds. The molecule has 1 aromatic rings. The van der Waals surface area contributed by atoms with E-state index >= 15 is 0 Å². The van der Waals surface area contributed by atoms with Crippen molar-refractivity contribution in [1.29, 1.82) is 0 Å². The third-order valence-electron chi connectivity index (χ3n) is 1.72. The van der Waals surface area contributed by atoms with Crippen molar-refractivity contribution >= 4 is 9.84 Å². The van der Waals surface area contributed by atoms with Gasteiger partial charge in [0.25, 0.3) is 9.84 Å². The lowest BCUT2D eigenvalue weighted by Crippen LogP contribution is -2.28. The van der Waals surface area contributed by atoms with Crippen molar-refractivity contribution in [2.75, 3.05) is 0 Å². The first-order chi connectivity index (χ1) is 6.42. The number of rotatable bonds is 3. The smallest absolute Gasteiger partial charge is 0.245 e. The van der Waals surface area contributed by atoms with Crippen LogP contribution in [0.5, 0.6) is 0 Å². The molecule has 6 heteroatoms. The van der Waals surface area contributed by atoms with Crippen molar-refractivity contribution in [3.05, 3.63) is 24.4 Å². The summed E-state index contributed by atoms with van der Waals surface area (Å²) in [5.41, 5.74) is 0. The van der Waals surface area contributed by atoms with Crippen LogP contribution in [0.3, 0.4) is 0 Å². The molecule has 0 saturated heterocycles. The van der Waals surface area contributed by atoms with E-state index in [0.717, 1.165) is 13.0 Å². The molecule has 3 nitrogen and oxygen atoms in total. The van der Waals surface area contributed by atoms with Crippen LogP contribution in [0.1, 0.15) is 13.3 Å². The van der Waals surface area contributed by atoms with Crippen molar-refractivity contribution in [3.8, 4) is 0 Å². The number of halogens is 2. The highest BCUT2D eigenvalue weighted by molar-refractivity contribution is 7.92. The summed E-state index contributed by atoms with van der Waals surface area (Å²) in [7, 11) is -4.63. The second kappa shape index (κ2) is 3.61. The molecule has 0 fully saturated rings. The Hall–Kier alpha value is -1.04. The first kappa shape index (κ1) is 11.0. The van der Waals surface area contributed by atoms with Crippen molar-refractivity contribution in [1.82, 2.24) is 4.98 Å². The van der Waals surface area contributed by atoms with Crippen LogP contribution in [0.2, 0.25) is 0 Å². The molecule has 0 atom stereocenters. The van der Waals surface area contributed by atoms with Gasteiger partial charge >= 0.3 is 5.25 Å². The molecule has 1 rings (SSSR count). The van der Waals surface area contributed by atoms with E-state index < -0.39 is 26.5 Å². The molecule has 0 unspecified atom stereocenters. The monoisotopic (exact) mass is 221 g/mol. The number of hydrogen-bond acceptors (Lipinski definition) is 3. The zero-order valence-electron chi connectivity index (χ0n) is 7.44. The van der Waals surface area contributed by atoms with Gasteiger partial charge in [0.05, 0.1) is 0 Å². The van der Waals surface area contributed by atoms with Gasteiger partial charge in [0, 0.05) is 12.6 Å². The predicted molar refractivity (Wildman–Crippen MR) is 46.7 cm³/mol. The van der Waals surface area contributed by atoms with E-state index in [1.807, 2.05) is 0 Å². The lowest BCUT2D eigenvalue weighted by molar-refractivity contribution is 0.0875. The number of hydrogen-bond donors (Lipinski definition) is 0. The number of aromatic nitrogens is 1. The van der Waals surface area contributed by atoms with Gasteiger partial charge in [-0.05, 0) is 12.1 Å². The van der Waals surface area contributed by atoms with Crippen molar-refractivity contribution in [3.63, 3.8) is 0 Å². The minimum atomic E-state index is -4.63. The largest absolute Gasteiger partial charge is 0.351 e. The van der Waals surface area contributed by atoms with E-state index in [-0.39, 0.29) is 0 Å². The van der Waals surface area contributed by atoms with E-state index in [1.165, 1.54) is 18.3 Å². The topological polar surface area (TPSA) is 47.0 Å². The van der Waals surface area contributed by atoms with E-state index in [1.54, 1.807) is 0 Å². The highest BCUT2D eigenvalue weighted by Gasteiger charge is 2.44. The highest BCUT2D eigenvalue weighted by Crippen LogP contribution is 2.30. The van der Waals surface area contributed by atoms with Crippen LogP contribution >= 0.6 is 0 Å². The van der Waals surface area contributed by atoms with Crippen LogP contribution in [-0.4, -0.2) is 18.7 Å². The molecule has 14 heavy (non-hydrogen) atoms. The van der Waals surface area contributed by atoms with Gasteiger partial charge in [-0.2, -0.15) is 8.78 Å². The first-order valence-electron chi connectivity index (χ1n) is 3.95. The Morgan fingerprint density at radius 1 is 1.43 bits per heavy atom. The summed E-state index contributed by atoms with van der Waals surface area (Å²) in [6.45, 7) is 1.11. The Morgan fingerprint density at radius 2 is 2.07 bits per heavy atom. The molecule has 0 aliphatic heterocycles. The standard InChI is InChI=1S/C8H9F2NO2S/c1-2-8(9,10)14(12,13)7-5-3-4-6-11-7/h3-6H,2H2,1H3. The molecule has 0 N–H and O–H groups in total. The van der Waals surface area contributed by atoms with Crippen LogP contribution in [0.25, 0.3) is 0 Å². The van der Waals surface area contributed by atoms with Crippen molar-refractivity contribution in [2.24, 2.45) is 0 Å². The molecule has 0 saturated carbocycles. The molecule has 0 aromatic carbocycles. The molecule has 0 spiro atoms. The van der Waals surface area contributed by atoms with Gasteiger partial charge in [0.1, 0.15) is 0 Å². The fourth-order valence-electron chi connectivity index (χ4n) is 0.849. The summed E-state index contributed by atoms with van der Waals surface area (Å²) in [4.78, 5) is 3.40. The second-order valence-electron chi connectivity index (χ2n) is 2.66. The fourth-order valence-corrected chi connectivity index (χ4v) is 1.99. The number of sulfone groups is 1. The Balaban J connectivity index is 3.23. The Kier molecular flexibility index (Phi) is 2.84. The van der Waals surface area contributed by atoms with Crippen LogP contribution in [-0.2, 0) is 9.84 Å². The quantitative estimate of drug-likeness (QED) is 0.782. The second-order valence-corrected chi connectivity index (χ2v) is 4.68. The van der Waals surface area contributed by atoms with Gasteiger partial charge in [-0.25, -0.2) is 13.4 Å². The summed E-state index contributed by atoms with van der Waals surface area (Å²) in [6, 6.07) is 3.87. The Labute approximate surface area is 80.7 Å². The van der Waals surface area contributed by atoms with Crippen molar-refractivity contribution < 1.29 is 17.2 Å². The summed E-state index contributed by atoms with van der Waals surface area (Å²) < 4.78 is 48.5. The van der Waals surface area contributed by atoms with Crippen LogP contribution in [0.4, 0.5) is 8.78 Å². The van der Waals surface area contributed by atoms with Crippen molar-refractivity contribution in [2.45, 2.75) is 23.6 Å². The lowest BCUT2D eigenvalue weighted by Gasteiger charge is -2.13. The number of alkyl halides is 2. The predicted octanol–water partition coefficient (Wildman–Crippen LogP) is 1.86. The zero-order chi connectivity index (χ0) is 10.8. The van der Waals surface area contributed by atoms with Gasteiger partial charge < -0.3 is 0 Å². The summed E-state index contributed by atoms with van der Waals surface area (Å²) in [6.07, 6.45) is 0.407.